The number of para-hydroxylation sites is 1. The van der Waals surface area contributed by atoms with Gasteiger partial charge in [-0.1, -0.05) is 48.0 Å². The highest BCUT2D eigenvalue weighted by atomic mass is 16.6. The van der Waals surface area contributed by atoms with Crippen LogP contribution in [0.1, 0.15) is 11.1 Å². The quantitative estimate of drug-likeness (QED) is 0.521. The average molecular weight is 335 g/mol. The molecular weight excluding hydrogens is 318 g/mol. The normalized spacial score (nSPS) is 10.3. The lowest BCUT2D eigenvalue weighted by Crippen LogP contribution is -2.08. The molecule has 0 aliphatic carbocycles. The Hall–Kier alpha value is -3.48. The van der Waals surface area contributed by atoms with Gasteiger partial charge in [0.25, 0.3) is 0 Å². The van der Waals surface area contributed by atoms with Gasteiger partial charge in [0.2, 0.25) is 11.6 Å². The fourth-order valence-electron chi connectivity index (χ4n) is 2.32. The molecule has 7 heteroatoms. The zero-order chi connectivity index (χ0) is 17.6. The standard InChI is InChI=1S/C18H17N5O2/c1-13-7-9-14(10-8-13)11-19-17-16(23(24)25)18(21-12-20-17)22-15-5-3-2-4-6-15/h2-10,12H,11H2,1H3,(H2,19,20,21,22). The minimum absolute atomic E-state index is 0.151. The first-order valence-corrected chi connectivity index (χ1v) is 7.74. The van der Waals surface area contributed by atoms with Crippen molar-refractivity contribution in [1.29, 1.82) is 0 Å². The van der Waals surface area contributed by atoms with Crippen molar-refractivity contribution in [3.05, 3.63) is 82.2 Å². The van der Waals surface area contributed by atoms with E-state index in [1.165, 1.54) is 6.33 Å². The Morgan fingerprint density at radius 2 is 1.68 bits per heavy atom. The predicted octanol–water partition coefficient (Wildman–Crippen LogP) is 4.05. The van der Waals surface area contributed by atoms with Crippen molar-refractivity contribution in [2.24, 2.45) is 0 Å². The Morgan fingerprint density at radius 1 is 1.00 bits per heavy atom. The summed E-state index contributed by atoms with van der Waals surface area (Å²) in [6.45, 7) is 2.44. The topological polar surface area (TPSA) is 93.0 Å². The first-order valence-electron chi connectivity index (χ1n) is 7.74. The van der Waals surface area contributed by atoms with Crippen LogP contribution in [0.3, 0.4) is 0 Å². The molecule has 0 bridgehead atoms. The van der Waals surface area contributed by atoms with Crippen molar-refractivity contribution in [3.63, 3.8) is 0 Å². The zero-order valence-electron chi connectivity index (χ0n) is 13.6. The number of hydrogen-bond acceptors (Lipinski definition) is 6. The monoisotopic (exact) mass is 335 g/mol. The smallest absolute Gasteiger partial charge is 0.353 e. The summed E-state index contributed by atoms with van der Waals surface area (Å²) in [5.41, 5.74) is 2.70. The van der Waals surface area contributed by atoms with E-state index in [4.69, 9.17) is 0 Å². The van der Waals surface area contributed by atoms with Crippen LogP contribution in [0.25, 0.3) is 0 Å². The maximum absolute atomic E-state index is 11.5. The number of aromatic nitrogens is 2. The predicted molar refractivity (Wildman–Crippen MR) is 96.9 cm³/mol. The van der Waals surface area contributed by atoms with Crippen LogP contribution in [0.2, 0.25) is 0 Å². The van der Waals surface area contributed by atoms with Crippen LogP contribution in [-0.4, -0.2) is 14.9 Å². The lowest BCUT2D eigenvalue weighted by molar-refractivity contribution is -0.383. The minimum atomic E-state index is -0.483. The van der Waals surface area contributed by atoms with E-state index >= 15 is 0 Å². The van der Waals surface area contributed by atoms with Gasteiger partial charge in [0, 0.05) is 12.2 Å². The Bertz CT molecular complexity index is 866. The molecule has 0 aliphatic heterocycles. The largest absolute Gasteiger partial charge is 0.360 e. The first-order chi connectivity index (χ1) is 12.1. The molecule has 0 atom stereocenters. The van der Waals surface area contributed by atoms with Gasteiger partial charge in [-0.25, -0.2) is 9.97 Å². The number of nitrogens with one attached hydrogen (secondary N) is 2. The van der Waals surface area contributed by atoms with Gasteiger partial charge >= 0.3 is 5.69 Å². The Morgan fingerprint density at radius 3 is 2.36 bits per heavy atom. The van der Waals surface area contributed by atoms with Crippen LogP contribution in [0.15, 0.2) is 60.9 Å². The van der Waals surface area contributed by atoms with E-state index in [1.807, 2.05) is 61.5 Å². The van der Waals surface area contributed by atoms with Gasteiger partial charge in [-0.15, -0.1) is 0 Å². The fraction of sp³-hybridized carbons (Fsp3) is 0.111. The SMILES string of the molecule is Cc1ccc(CNc2ncnc(Nc3ccccc3)c2[N+](=O)[O-])cc1. The lowest BCUT2D eigenvalue weighted by atomic mass is 10.1. The molecule has 7 nitrogen and oxygen atoms in total. The molecule has 25 heavy (non-hydrogen) atoms. The third kappa shape index (κ3) is 4.08. The van der Waals surface area contributed by atoms with Crippen LogP contribution in [0.4, 0.5) is 23.0 Å². The molecule has 2 N–H and O–H groups in total. The van der Waals surface area contributed by atoms with Gasteiger partial charge in [0.05, 0.1) is 4.92 Å². The molecule has 0 amide bonds. The second kappa shape index (κ2) is 7.39. The number of anilines is 3. The zero-order valence-corrected chi connectivity index (χ0v) is 13.6. The van der Waals surface area contributed by atoms with Gasteiger partial charge in [-0.3, -0.25) is 10.1 Å². The second-order valence-electron chi connectivity index (χ2n) is 5.51. The van der Waals surface area contributed by atoms with Crippen LogP contribution >= 0.6 is 0 Å². The molecule has 1 aromatic heterocycles. The summed E-state index contributed by atoms with van der Waals surface area (Å²) in [5.74, 6) is 0.330. The summed E-state index contributed by atoms with van der Waals surface area (Å²) < 4.78 is 0. The molecule has 1 heterocycles. The van der Waals surface area contributed by atoms with Gasteiger partial charge in [0.15, 0.2) is 0 Å². The number of benzene rings is 2. The van der Waals surface area contributed by atoms with E-state index in [2.05, 4.69) is 20.6 Å². The van der Waals surface area contributed by atoms with E-state index in [0.29, 0.717) is 12.2 Å². The van der Waals surface area contributed by atoms with Gasteiger partial charge in [0.1, 0.15) is 6.33 Å². The van der Waals surface area contributed by atoms with Gasteiger partial charge in [-0.05, 0) is 24.6 Å². The molecule has 0 radical (unpaired) electrons. The molecule has 0 fully saturated rings. The van der Waals surface area contributed by atoms with Crippen LogP contribution in [0.5, 0.6) is 0 Å². The van der Waals surface area contributed by atoms with E-state index in [9.17, 15) is 10.1 Å². The van der Waals surface area contributed by atoms with Crippen molar-refractivity contribution in [2.45, 2.75) is 13.5 Å². The maximum atomic E-state index is 11.5. The number of nitro groups is 1. The summed E-state index contributed by atoms with van der Waals surface area (Å²) in [6.07, 6.45) is 1.30. The first kappa shape index (κ1) is 16.4. The highest BCUT2D eigenvalue weighted by molar-refractivity contribution is 5.73. The fourth-order valence-corrected chi connectivity index (χ4v) is 2.32. The third-order valence-corrected chi connectivity index (χ3v) is 3.62. The summed E-state index contributed by atoms with van der Waals surface area (Å²) in [5, 5.41) is 17.5. The molecule has 2 aromatic carbocycles. The van der Waals surface area contributed by atoms with E-state index in [1.54, 1.807) is 0 Å². The van der Waals surface area contributed by atoms with Crippen molar-refractivity contribution >= 4 is 23.0 Å². The molecule has 0 aliphatic rings. The molecule has 3 aromatic rings. The molecule has 0 saturated carbocycles. The summed E-state index contributed by atoms with van der Waals surface area (Å²) in [6, 6.07) is 17.1. The van der Waals surface area contributed by atoms with Gasteiger partial charge in [-0.2, -0.15) is 0 Å². The molecule has 0 unspecified atom stereocenters. The average Bonchev–Trinajstić information content (AvgIpc) is 2.62. The molecule has 3 rings (SSSR count). The summed E-state index contributed by atoms with van der Waals surface area (Å²) >= 11 is 0. The van der Waals surface area contributed by atoms with Crippen LogP contribution in [0, 0.1) is 17.0 Å². The molecular formula is C18H17N5O2. The maximum Gasteiger partial charge on any atom is 0.353 e. The van der Waals surface area contributed by atoms with E-state index < -0.39 is 4.92 Å². The van der Waals surface area contributed by atoms with Crippen molar-refractivity contribution < 1.29 is 4.92 Å². The number of hydrogen-bond donors (Lipinski definition) is 2. The van der Waals surface area contributed by atoms with E-state index in [0.717, 1.165) is 11.1 Å². The van der Waals surface area contributed by atoms with Crippen molar-refractivity contribution in [3.8, 4) is 0 Å². The Balaban J connectivity index is 1.84. The van der Waals surface area contributed by atoms with Crippen molar-refractivity contribution in [2.75, 3.05) is 10.6 Å². The van der Waals surface area contributed by atoms with Crippen LogP contribution in [-0.2, 0) is 6.54 Å². The van der Waals surface area contributed by atoms with Crippen molar-refractivity contribution in [1.82, 2.24) is 9.97 Å². The molecule has 0 saturated heterocycles. The number of aryl methyl sites for hydroxylation is 1. The Labute approximate surface area is 144 Å². The summed E-state index contributed by atoms with van der Waals surface area (Å²) in [4.78, 5) is 19.1. The minimum Gasteiger partial charge on any atom is -0.360 e. The second-order valence-corrected chi connectivity index (χ2v) is 5.51. The third-order valence-electron chi connectivity index (χ3n) is 3.62. The lowest BCUT2D eigenvalue weighted by Gasteiger charge is -2.10. The molecule has 0 spiro atoms. The number of rotatable bonds is 6. The highest BCUT2D eigenvalue weighted by Gasteiger charge is 2.22. The highest BCUT2D eigenvalue weighted by Crippen LogP contribution is 2.31. The summed E-state index contributed by atoms with van der Waals surface area (Å²) in [7, 11) is 0. The Kier molecular flexibility index (Phi) is 4.84. The van der Waals surface area contributed by atoms with Crippen LogP contribution < -0.4 is 10.6 Å². The number of nitrogens with zero attached hydrogens (tertiary/aromatic N) is 3. The van der Waals surface area contributed by atoms with E-state index in [-0.39, 0.29) is 17.3 Å². The molecule has 126 valence electrons. The van der Waals surface area contributed by atoms with Gasteiger partial charge < -0.3 is 10.6 Å².